The van der Waals surface area contributed by atoms with E-state index in [0.29, 0.717) is 38.3 Å². The normalized spacial score (nSPS) is 22.8. The average molecular weight is 482 g/mol. The fourth-order valence-corrected chi connectivity index (χ4v) is 4.98. The van der Waals surface area contributed by atoms with Crippen LogP contribution in [0.4, 0.5) is 23.2 Å². The van der Waals surface area contributed by atoms with Crippen LogP contribution in [0.25, 0.3) is 0 Å². The lowest BCUT2D eigenvalue weighted by Crippen LogP contribution is -2.50. The Bertz CT molecular complexity index is 1130. The molecule has 1 amide bonds. The van der Waals surface area contributed by atoms with Crippen LogP contribution in [0.3, 0.4) is 0 Å². The van der Waals surface area contributed by atoms with Gasteiger partial charge in [-0.25, -0.2) is 4.39 Å². The number of rotatable bonds is 3. The highest BCUT2D eigenvalue weighted by Crippen LogP contribution is 2.45. The van der Waals surface area contributed by atoms with Crippen LogP contribution < -0.4 is 4.90 Å². The van der Waals surface area contributed by atoms with Gasteiger partial charge >= 0.3 is 6.18 Å². The number of aliphatic hydroxyl groups excluding tert-OH is 1. The summed E-state index contributed by atoms with van der Waals surface area (Å²) in [6, 6.07) is 8.91. The third kappa shape index (κ3) is 4.25. The number of amides is 1. The highest BCUT2D eigenvalue weighted by Gasteiger charge is 2.50. The Kier molecular flexibility index (Phi) is 6.01. The summed E-state index contributed by atoms with van der Waals surface area (Å²) in [4.78, 5) is 16.3. The predicted molar refractivity (Wildman–Crippen MR) is 113 cm³/mol. The van der Waals surface area contributed by atoms with Crippen molar-refractivity contribution in [2.75, 3.05) is 37.7 Å². The number of nitriles is 1. The number of benzene rings is 2. The monoisotopic (exact) mass is 481 g/mol. The van der Waals surface area contributed by atoms with Gasteiger partial charge in [0.25, 0.3) is 5.91 Å². The molecule has 1 N–H and O–H groups in total. The van der Waals surface area contributed by atoms with Gasteiger partial charge in [0, 0.05) is 48.8 Å². The summed E-state index contributed by atoms with van der Waals surface area (Å²) in [6.45, 7) is 1.16. The number of aliphatic hydroxyl groups is 1. The van der Waals surface area contributed by atoms with Gasteiger partial charge in [-0.05, 0) is 42.8 Å². The van der Waals surface area contributed by atoms with E-state index in [4.69, 9.17) is 16.9 Å². The molecule has 2 saturated heterocycles. The van der Waals surface area contributed by atoms with Gasteiger partial charge in [-0.2, -0.15) is 18.4 Å². The number of hydrogen-bond acceptors (Lipinski definition) is 4. The maximum absolute atomic E-state index is 13.5. The van der Waals surface area contributed by atoms with E-state index < -0.39 is 28.5 Å². The molecule has 2 aromatic rings. The van der Waals surface area contributed by atoms with E-state index in [-0.39, 0.29) is 29.0 Å². The van der Waals surface area contributed by atoms with E-state index in [1.165, 1.54) is 18.2 Å². The van der Waals surface area contributed by atoms with Gasteiger partial charge in [-0.1, -0.05) is 11.6 Å². The van der Waals surface area contributed by atoms with Crippen LogP contribution in [0.5, 0.6) is 0 Å². The Labute approximate surface area is 192 Å². The first-order chi connectivity index (χ1) is 15.6. The molecule has 0 aliphatic carbocycles. The van der Waals surface area contributed by atoms with Crippen LogP contribution in [-0.2, 0) is 6.18 Å². The molecule has 33 heavy (non-hydrogen) atoms. The first kappa shape index (κ1) is 23.3. The van der Waals surface area contributed by atoms with Gasteiger partial charge < -0.3 is 14.9 Å². The summed E-state index contributed by atoms with van der Waals surface area (Å²) >= 11 is 5.80. The molecule has 2 aliphatic heterocycles. The predicted octanol–water partition coefficient (Wildman–Crippen LogP) is 4.33. The van der Waals surface area contributed by atoms with Gasteiger partial charge in [0.2, 0.25) is 0 Å². The van der Waals surface area contributed by atoms with Crippen molar-refractivity contribution in [3.8, 4) is 6.07 Å². The summed E-state index contributed by atoms with van der Waals surface area (Å²) in [5.41, 5.74) is -1.46. The minimum Gasteiger partial charge on any atom is -0.396 e. The SMILES string of the molecule is N#Cc1ccc(N2C[C@H]3CN(C(=O)c4ccc(F)c(Cl)c4)CC[C@@]3(CO)C2)cc1C(F)(F)F. The molecule has 2 fully saturated rings. The second-order valence-electron chi connectivity index (χ2n) is 8.57. The number of alkyl halides is 3. The Balaban J connectivity index is 1.57. The zero-order chi connectivity index (χ0) is 24.0. The third-order valence-electron chi connectivity index (χ3n) is 6.70. The number of fused-ring (bicyclic) bond motifs is 1. The lowest BCUT2D eigenvalue weighted by molar-refractivity contribution is -0.137. The van der Waals surface area contributed by atoms with Crippen LogP contribution in [0.1, 0.15) is 27.9 Å². The van der Waals surface area contributed by atoms with Crippen LogP contribution >= 0.6 is 11.6 Å². The van der Waals surface area contributed by atoms with Crippen molar-refractivity contribution in [1.29, 1.82) is 5.26 Å². The number of anilines is 1. The molecule has 5 nitrogen and oxygen atoms in total. The number of halogens is 5. The summed E-state index contributed by atoms with van der Waals surface area (Å²) in [6.07, 6.45) is -4.20. The second-order valence-corrected chi connectivity index (χ2v) is 8.97. The fourth-order valence-electron chi connectivity index (χ4n) is 4.79. The lowest BCUT2D eigenvalue weighted by atomic mass is 9.73. The zero-order valence-corrected chi connectivity index (χ0v) is 18.1. The smallest absolute Gasteiger partial charge is 0.396 e. The van der Waals surface area contributed by atoms with Crippen LogP contribution in [0.15, 0.2) is 36.4 Å². The van der Waals surface area contributed by atoms with Crippen molar-refractivity contribution in [1.82, 2.24) is 4.90 Å². The van der Waals surface area contributed by atoms with Gasteiger partial charge in [-0.15, -0.1) is 0 Å². The molecule has 0 bridgehead atoms. The first-order valence-electron chi connectivity index (χ1n) is 10.3. The standard InChI is InChI=1S/C23H20ClF4N3O2/c24-19-7-14(2-4-20(19)25)21(33)30-6-5-22(13-32)12-31(11-16(22)10-30)17-3-1-15(9-29)18(8-17)23(26,27)28/h1-4,7-8,16,32H,5-6,10-13H2/t16-,22+/m1/s1. The molecule has 2 heterocycles. The van der Waals surface area contributed by atoms with Gasteiger partial charge in [0.1, 0.15) is 5.82 Å². The quantitative estimate of drug-likeness (QED) is 0.663. The fraction of sp³-hybridized carbons (Fsp3) is 0.391. The maximum atomic E-state index is 13.5. The molecule has 2 aromatic carbocycles. The Morgan fingerprint density at radius 2 is 2.00 bits per heavy atom. The Morgan fingerprint density at radius 3 is 2.64 bits per heavy atom. The second kappa shape index (κ2) is 8.50. The molecule has 2 atom stereocenters. The van der Waals surface area contributed by atoms with E-state index in [9.17, 15) is 27.5 Å². The van der Waals surface area contributed by atoms with Crippen LogP contribution in [0, 0.1) is 28.5 Å². The van der Waals surface area contributed by atoms with Crippen molar-refractivity contribution in [3.63, 3.8) is 0 Å². The van der Waals surface area contributed by atoms with E-state index in [0.717, 1.165) is 18.2 Å². The third-order valence-corrected chi connectivity index (χ3v) is 6.99. The molecular weight excluding hydrogens is 462 g/mol. The van der Waals surface area contributed by atoms with Crippen molar-refractivity contribution < 1.29 is 27.5 Å². The Hall–Kier alpha value is -2.83. The molecule has 10 heteroatoms. The summed E-state index contributed by atoms with van der Waals surface area (Å²) < 4.78 is 53.7. The number of carbonyl (C=O) groups excluding carboxylic acids is 1. The highest BCUT2D eigenvalue weighted by molar-refractivity contribution is 6.31. The van der Waals surface area contributed by atoms with Crippen LogP contribution in [0.2, 0.25) is 5.02 Å². The molecule has 2 aliphatic rings. The number of nitrogens with zero attached hydrogens (tertiary/aromatic N) is 3. The van der Waals surface area contributed by atoms with Gasteiger partial charge in [0.05, 0.1) is 28.8 Å². The zero-order valence-electron chi connectivity index (χ0n) is 17.4. The minimum atomic E-state index is -4.66. The summed E-state index contributed by atoms with van der Waals surface area (Å²) in [7, 11) is 0. The van der Waals surface area contributed by atoms with Crippen molar-refractivity contribution in [2.45, 2.75) is 12.6 Å². The molecule has 0 spiro atoms. The van der Waals surface area contributed by atoms with Gasteiger partial charge in [-0.3, -0.25) is 4.79 Å². The number of piperidine rings is 1. The average Bonchev–Trinajstić information content (AvgIpc) is 3.18. The van der Waals surface area contributed by atoms with E-state index in [2.05, 4.69) is 0 Å². The largest absolute Gasteiger partial charge is 0.417 e. The number of hydrogen-bond donors (Lipinski definition) is 1. The maximum Gasteiger partial charge on any atom is 0.417 e. The summed E-state index contributed by atoms with van der Waals surface area (Å²) in [5, 5.41) is 19.1. The minimum absolute atomic E-state index is 0.157. The van der Waals surface area contributed by atoms with Crippen molar-refractivity contribution in [2.24, 2.45) is 11.3 Å². The molecular formula is C23H20ClF4N3O2. The molecule has 0 aromatic heterocycles. The van der Waals surface area contributed by atoms with Crippen LogP contribution in [-0.4, -0.2) is 48.7 Å². The van der Waals surface area contributed by atoms with Crippen molar-refractivity contribution >= 4 is 23.2 Å². The number of carbonyl (C=O) groups is 1. The highest BCUT2D eigenvalue weighted by atomic mass is 35.5. The topological polar surface area (TPSA) is 67.6 Å². The number of likely N-dealkylation sites (tertiary alicyclic amines) is 1. The van der Waals surface area contributed by atoms with Crippen molar-refractivity contribution in [3.05, 3.63) is 63.9 Å². The Morgan fingerprint density at radius 1 is 1.24 bits per heavy atom. The summed E-state index contributed by atoms with van der Waals surface area (Å²) in [5.74, 6) is -1.13. The lowest BCUT2D eigenvalue weighted by Gasteiger charge is -2.42. The van der Waals surface area contributed by atoms with E-state index in [1.807, 2.05) is 0 Å². The molecule has 0 unspecified atom stereocenters. The molecule has 0 saturated carbocycles. The van der Waals surface area contributed by atoms with Gasteiger partial charge in [0.15, 0.2) is 0 Å². The van der Waals surface area contributed by atoms with E-state index >= 15 is 0 Å². The van der Waals surface area contributed by atoms with E-state index in [1.54, 1.807) is 15.9 Å². The molecule has 0 radical (unpaired) electrons. The molecule has 4 rings (SSSR count). The molecule has 174 valence electrons. The first-order valence-corrected chi connectivity index (χ1v) is 10.7.